The van der Waals surface area contributed by atoms with Gasteiger partial charge in [-0.2, -0.15) is 5.10 Å². The first-order valence-corrected chi connectivity index (χ1v) is 11.2. The number of aromatic nitrogens is 3. The number of carbonyl (C=O) groups excluding carboxylic acids is 1. The third-order valence-electron chi connectivity index (χ3n) is 5.22. The Bertz CT molecular complexity index is 1350. The van der Waals surface area contributed by atoms with Crippen molar-refractivity contribution in [3.8, 4) is 11.5 Å². The summed E-state index contributed by atoms with van der Waals surface area (Å²) in [5.74, 6) is 0.835. The average Bonchev–Trinajstić information content (AvgIpc) is 2.87. The van der Waals surface area contributed by atoms with Crippen molar-refractivity contribution >= 4 is 16.7 Å². The number of pyridine rings is 1. The zero-order chi connectivity index (χ0) is 23.9. The maximum atomic E-state index is 13.0. The summed E-state index contributed by atoms with van der Waals surface area (Å²) in [6, 6.07) is 16.1. The zero-order valence-corrected chi connectivity index (χ0v) is 19.2. The van der Waals surface area contributed by atoms with Crippen LogP contribution in [0.5, 0.6) is 11.5 Å². The van der Waals surface area contributed by atoms with Crippen LogP contribution in [0.2, 0.25) is 0 Å². The Morgan fingerprint density at radius 2 is 1.74 bits per heavy atom. The molecule has 0 spiro atoms. The van der Waals surface area contributed by atoms with Gasteiger partial charge in [-0.1, -0.05) is 24.3 Å². The van der Waals surface area contributed by atoms with Crippen molar-refractivity contribution in [2.75, 3.05) is 13.2 Å². The van der Waals surface area contributed by atoms with E-state index in [2.05, 4.69) is 15.4 Å². The first-order valence-electron chi connectivity index (χ1n) is 11.2. The van der Waals surface area contributed by atoms with Crippen molar-refractivity contribution in [3.63, 3.8) is 0 Å². The Labute approximate surface area is 197 Å². The normalized spacial score (nSPS) is 10.8. The van der Waals surface area contributed by atoms with Crippen LogP contribution >= 0.6 is 0 Å². The summed E-state index contributed by atoms with van der Waals surface area (Å²) in [5.41, 5.74) is 1.71. The van der Waals surface area contributed by atoms with Crippen molar-refractivity contribution in [2.45, 2.75) is 26.9 Å². The SMILES string of the molecule is CCOc1ccc(C(=O)NCc2nn(Cc3cccnc3)c(=O)c3ccccc23)cc1OCC. The minimum absolute atomic E-state index is 0.157. The van der Waals surface area contributed by atoms with Gasteiger partial charge in [-0.05, 0) is 49.7 Å². The highest BCUT2D eigenvalue weighted by atomic mass is 16.5. The molecule has 2 aromatic carbocycles. The Morgan fingerprint density at radius 1 is 0.971 bits per heavy atom. The molecule has 34 heavy (non-hydrogen) atoms. The van der Waals surface area contributed by atoms with E-state index in [9.17, 15) is 9.59 Å². The van der Waals surface area contributed by atoms with E-state index in [0.29, 0.717) is 46.7 Å². The van der Waals surface area contributed by atoms with Gasteiger partial charge in [0, 0.05) is 23.3 Å². The van der Waals surface area contributed by atoms with E-state index >= 15 is 0 Å². The monoisotopic (exact) mass is 458 g/mol. The lowest BCUT2D eigenvalue weighted by molar-refractivity contribution is 0.0950. The van der Waals surface area contributed by atoms with E-state index in [0.717, 1.165) is 5.56 Å². The van der Waals surface area contributed by atoms with Gasteiger partial charge >= 0.3 is 0 Å². The summed E-state index contributed by atoms with van der Waals surface area (Å²) >= 11 is 0. The fourth-order valence-corrected chi connectivity index (χ4v) is 3.67. The van der Waals surface area contributed by atoms with Gasteiger partial charge in [0.15, 0.2) is 11.5 Å². The molecule has 0 aliphatic heterocycles. The Morgan fingerprint density at radius 3 is 2.47 bits per heavy atom. The largest absolute Gasteiger partial charge is 0.490 e. The Balaban J connectivity index is 1.61. The molecule has 0 aliphatic rings. The molecule has 0 fully saturated rings. The van der Waals surface area contributed by atoms with Crippen molar-refractivity contribution in [3.05, 3.63) is 94.2 Å². The Kier molecular flexibility index (Phi) is 7.17. The van der Waals surface area contributed by atoms with Crippen LogP contribution in [0.4, 0.5) is 0 Å². The fourth-order valence-electron chi connectivity index (χ4n) is 3.67. The molecule has 8 nitrogen and oxygen atoms in total. The van der Waals surface area contributed by atoms with Gasteiger partial charge < -0.3 is 14.8 Å². The molecule has 174 valence electrons. The lowest BCUT2D eigenvalue weighted by Gasteiger charge is -2.14. The van der Waals surface area contributed by atoms with Gasteiger partial charge in [0.25, 0.3) is 11.5 Å². The van der Waals surface area contributed by atoms with Gasteiger partial charge in [-0.15, -0.1) is 0 Å². The minimum atomic E-state index is -0.278. The molecule has 0 radical (unpaired) electrons. The van der Waals surface area contributed by atoms with E-state index in [1.54, 1.807) is 36.7 Å². The summed E-state index contributed by atoms with van der Waals surface area (Å²) in [6.07, 6.45) is 3.38. The quantitative estimate of drug-likeness (QED) is 0.412. The number of hydrogen-bond acceptors (Lipinski definition) is 6. The molecule has 0 saturated carbocycles. The molecule has 4 aromatic rings. The first kappa shape index (κ1) is 23.0. The molecule has 0 bridgehead atoms. The number of ether oxygens (including phenoxy) is 2. The first-order chi connectivity index (χ1) is 16.6. The molecule has 2 aromatic heterocycles. The molecule has 1 N–H and O–H groups in total. The summed E-state index contributed by atoms with van der Waals surface area (Å²) in [5, 5.41) is 8.73. The number of benzene rings is 2. The van der Waals surface area contributed by atoms with Crippen LogP contribution in [0.25, 0.3) is 10.8 Å². The summed E-state index contributed by atoms with van der Waals surface area (Å²) < 4.78 is 12.6. The predicted octanol–water partition coefficient (Wildman–Crippen LogP) is 3.57. The second-order valence-corrected chi connectivity index (χ2v) is 7.53. The van der Waals surface area contributed by atoms with E-state index in [1.807, 2.05) is 44.2 Å². The molecule has 1 amide bonds. The maximum Gasteiger partial charge on any atom is 0.274 e. The average molecular weight is 459 g/mol. The lowest BCUT2D eigenvalue weighted by atomic mass is 10.1. The maximum absolute atomic E-state index is 13.0. The smallest absolute Gasteiger partial charge is 0.274 e. The third kappa shape index (κ3) is 5.06. The van der Waals surface area contributed by atoms with Crippen LogP contribution in [0.3, 0.4) is 0 Å². The molecule has 0 atom stereocenters. The number of fused-ring (bicyclic) bond motifs is 1. The number of hydrogen-bond donors (Lipinski definition) is 1. The third-order valence-corrected chi connectivity index (χ3v) is 5.22. The van der Waals surface area contributed by atoms with Crippen LogP contribution in [-0.4, -0.2) is 33.9 Å². The van der Waals surface area contributed by atoms with Crippen LogP contribution < -0.4 is 20.3 Å². The summed E-state index contributed by atoms with van der Waals surface area (Å²) in [6.45, 7) is 5.17. The van der Waals surface area contributed by atoms with Gasteiger partial charge in [0.2, 0.25) is 0 Å². The highest BCUT2D eigenvalue weighted by Crippen LogP contribution is 2.28. The van der Waals surface area contributed by atoms with Gasteiger partial charge in [-0.25, -0.2) is 4.68 Å². The molecule has 0 saturated heterocycles. The fraction of sp³-hybridized carbons (Fsp3) is 0.231. The predicted molar refractivity (Wildman–Crippen MR) is 129 cm³/mol. The lowest BCUT2D eigenvalue weighted by Crippen LogP contribution is -2.29. The summed E-state index contributed by atoms with van der Waals surface area (Å²) in [4.78, 5) is 30.0. The van der Waals surface area contributed by atoms with Crippen LogP contribution in [-0.2, 0) is 13.1 Å². The molecule has 4 rings (SSSR count). The van der Waals surface area contributed by atoms with Crippen molar-refractivity contribution in [1.29, 1.82) is 0 Å². The number of nitrogens with one attached hydrogen (secondary N) is 1. The number of rotatable bonds is 9. The standard InChI is InChI=1S/C26H26N4O4/c1-3-33-23-12-11-19(14-24(23)34-4-2)25(31)28-16-22-20-9-5-6-10-21(20)26(32)30(29-22)17-18-8-7-13-27-15-18/h5-15H,3-4,16-17H2,1-2H3,(H,28,31). The molecule has 0 unspecified atom stereocenters. The number of amides is 1. The highest BCUT2D eigenvalue weighted by molar-refractivity contribution is 5.95. The molecular weight excluding hydrogens is 432 g/mol. The summed E-state index contributed by atoms with van der Waals surface area (Å²) in [7, 11) is 0. The van der Waals surface area contributed by atoms with Gasteiger partial charge in [-0.3, -0.25) is 14.6 Å². The Hall–Kier alpha value is -4.20. The van der Waals surface area contributed by atoms with E-state index in [-0.39, 0.29) is 24.6 Å². The topological polar surface area (TPSA) is 95.3 Å². The molecule has 2 heterocycles. The molecular formula is C26H26N4O4. The van der Waals surface area contributed by atoms with E-state index in [4.69, 9.17) is 9.47 Å². The van der Waals surface area contributed by atoms with Crippen LogP contribution in [0, 0.1) is 0 Å². The molecule has 8 heteroatoms. The second kappa shape index (κ2) is 10.6. The molecule has 0 aliphatic carbocycles. The van der Waals surface area contributed by atoms with Crippen molar-refractivity contribution in [1.82, 2.24) is 20.1 Å². The highest BCUT2D eigenvalue weighted by Gasteiger charge is 2.15. The van der Waals surface area contributed by atoms with Gasteiger partial charge in [0.1, 0.15) is 0 Å². The van der Waals surface area contributed by atoms with Crippen LogP contribution in [0.1, 0.15) is 35.5 Å². The zero-order valence-electron chi connectivity index (χ0n) is 19.2. The number of nitrogens with zero attached hydrogens (tertiary/aromatic N) is 3. The van der Waals surface area contributed by atoms with Crippen molar-refractivity contribution in [2.24, 2.45) is 0 Å². The van der Waals surface area contributed by atoms with E-state index < -0.39 is 0 Å². The van der Waals surface area contributed by atoms with E-state index in [1.165, 1.54) is 4.68 Å². The van der Waals surface area contributed by atoms with Gasteiger partial charge in [0.05, 0.1) is 37.4 Å². The van der Waals surface area contributed by atoms with Crippen LogP contribution in [0.15, 0.2) is 71.8 Å². The number of carbonyl (C=O) groups is 1. The second-order valence-electron chi connectivity index (χ2n) is 7.53. The van der Waals surface area contributed by atoms with Crippen molar-refractivity contribution < 1.29 is 14.3 Å². The minimum Gasteiger partial charge on any atom is -0.490 e.